The minimum absolute atomic E-state index is 0.107. The highest BCUT2D eigenvalue weighted by molar-refractivity contribution is 5.92. The van der Waals surface area contributed by atoms with Crippen molar-refractivity contribution in [2.45, 2.75) is 6.42 Å². The average molecular weight is 335 g/mol. The van der Waals surface area contributed by atoms with E-state index in [-0.39, 0.29) is 12.3 Å². The number of hydrogen-bond donors (Lipinski definition) is 1. The van der Waals surface area contributed by atoms with Gasteiger partial charge in [0.1, 0.15) is 13.2 Å². The van der Waals surface area contributed by atoms with Gasteiger partial charge in [0.05, 0.1) is 18.3 Å². The van der Waals surface area contributed by atoms with Crippen LogP contribution in [0.5, 0.6) is 11.5 Å². The number of para-hydroxylation sites is 1. The summed E-state index contributed by atoms with van der Waals surface area (Å²) in [5, 5.41) is 7.18. The highest BCUT2D eigenvalue weighted by atomic mass is 16.6. The van der Waals surface area contributed by atoms with Crippen LogP contribution in [0.1, 0.15) is 5.56 Å². The molecule has 0 bridgehead atoms. The molecule has 0 unspecified atom stereocenters. The molecule has 0 radical (unpaired) electrons. The summed E-state index contributed by atoms with van der Waals surface area (Å²) in [5.74, 6) is 1.25. The van der Waals surface area contributed by atoms with Gasteiger partial charge in [-0.05, 0) is 29.8 Å². The van der Waals surface area contributed by atoms with Crippen LogP contribution < -0.4 is 14.8 Å². The summed E-state index contributed by atoms with van der Waals surface area (Å²) in [5.41, 5.74) is 2.49. The molecular formula is C19H17N3O3. The molecule has 2 heterocycles. The number of aromatic nitrogens is 2. The zero-order chi connectivity index (χ0) is 17.1. The summed E-state index contributed by atoms with van der Waals surface area (Å²) < 4.78 is 12.8. The number of amides is 1. The highest BCUT2D eigenvalue weighted by Gasteiger charge is 2.13. The smallest absolute Gasteiger partial charge is 0.228 e. The molecule has 3 aromatic rings. The fourth-order valence-corrected chi connectivity index (χ4v) is 2.69. The number of carbonyl (C=O) groups is 1. The fourth-order valence-electron chi connectivity index (χ4n) is 2.69. The first-order chi connectivity index (χ1) is 12.3. The monoisotopic (exact) mass is 335 g/mol. The molecule has 25 heavy (non-hydrogen) atoms. The van der Waals surface area contributed by atoms with Crippen LogP contribution in [-0.4, -0.2) is 28.9 Å². The standard InChI is InChI=1S/C19H17N3O3/c23-19(21-15-6-7-17-18(11-15)25-9-8-24-17)10-14-12-20-22(13-14)16-4-2-1-3-5-16/h1-7,11-13H,8-10H2,(H,21,23). The minimum Gasteiger partial charge on any atom is -0.486 e. The van der Waals surface area contributed by atoms with E-state index in [9.17, 15) is 4.79 Å². The van der Waals surface area contributed by atoms with E-state index in [1.807, 2.05) is 36.5 Å². The average Bonchev–Trinajstić information content (AvgIpc) is 3.10. The van der Waals surface area contributed by atoms with Gasteiger partial charge in [0, 0.05) is 18.0 Å². The Morgan fingerprint density at radius 1 is 1.08 bits per heavy atom. The van der Waals surface area contributed by atoms with Crippen LogP contribution in [0, 0.1) is 0 Å². The van der Waals surface area contributed by atoms with E-state index >= 15 is 0 Å². The van der Waals surface area contributed by atoms with E-state index < -0.39 is 0 Å². The number of fused-ring (bicyclic) bond motifs is 1. The number of carbonyl (C=O) groups excluding carboxylic acids is 1. The Morgan fingerprint density at radius 2 is 1.88 bits per heavy atom. The van der Waals surface area contributed by atoms with Gasteiger partial charge in [-0.15, -0.1) is 0 Å². The first kappa shape index (κ1) is 15.3. The van der Waals surface area contributed by atoms with Crippen molar-refractivity contribution in [3.63, 3.8) is 0 Å². The normalized spacial score (nSPS) is 12.6. The molecule has 6 nitrogen and oxygen atoms in total. The van der Waals surface area contributed by atoms with Crippen LogP contribution in [0.3, 0.4) is 0 Å². The third-order valence-corrected chi connectivity index (χ3v) is 3.85. The zero-order valence-corrected chi connectivity index (χ0v) is 13.5. The molecule has 0 aliphatic carbocycles. The third kappa shape index (κ3) is 3.47. The number of rotatable bonds is 4. The quantitative estimate of drug-likeness (QED) is 0.796. The molecule has 1 amide bonds. The molecule has 1 N–H and O–H groups in total. The van der Waals surface area contributed by atoms with Gasteiger partial charge in [-0.25, -0.2) is 4.68 Å². The molecule has 0 fully saturated rings. The molecule has 1 aliphatic heterocycles. The maximum Gasteiger partial charge on any atom is 0.228 e. The molecule has 6 heteroatoms. The second-order valence-electron chi connectivity index (χ2n) is 5.71. The van der Waals surface area contributed by atoms with Gasteiger partial charge in [-0.1, -0.05) is 18.2 Å². The maximum absolute atomic E-state index is 12.3. The lowest BCUT2D eigenvalue weighted by Crippen LogP contribution is -2.17. The van der Waals surface area contributed by atoms with E-state index in [1.54, 1.807) is 29.1 Å². The Morgan fingerprint density at radius 3 is 2.72 bits per heavy atom. The zero-order valence-electron chi connectivity index (χ0n) is 13.5. The predicted molar refractivity (Wildman–Crippen MR) is 93.3 cm³/mol. The van der Waals surface area contributed by atoms with Crippen LogP contribution in [0.2, 0.25) is 0 Å². The Hall–Kier alpha value is -3.28. The summed E-state index contributed by atoms with van der Waals surface area (Å²) in [6, 6.07) is 15.2. The number of nitrogens with one attached hydrogen (secondary N) is 1. The van der Waals surface area contributed by atoms with Crippen LogP contribution in [0.15, 0.2) is 60.9 Å². The molecule has 1 aliphatic rings. The molecule has 4 rings (SSSR count). The van der Waals surface area contributed by atoms with Crippen LogP contribution in [0.4, 0.5) is 5.69 Å². The largest absolute Gasteiger partial charge is 0.486 e. The van der Waals surface area contributed by atoms with E-state index in [0.29, 0.717) is 30.4 Å². The lowest BCUT2D eigenvalue weighted by Gasteiger charge is -2.18. The summed E-state index contributed by atoms with van der Waals surface area (Å²) in [6.07, 6.45) is 3.82. The van der Waals surface area contributed by atoms with Gasteiger partial charge in [-0.3, -0.25) is 4.79 Å². The minimum atomic E-state index is -0.107. The molecule has 0 saturated carbocycles. The van der Waals surface area contributed by atoms with Crippen molar-refractivity contribution in [3.8, 4) is 17.2 Å². The SMILES string of the molecule is O=C(Cc1cnn(-c2ccccc2)c1)Nc1ccc2c(c1)OCCO2. The summed E-state index contributed by atoms with van der Waals surface area (Å²) >= 11 is 0. The van der Waals surface area contributed by atoms with Gasteiger partial charge >= 0.3 is 0 Å². The van der Waals surface area contributed by atoms with Crippen molar-refractivity contribution in [3.05, 3.63) is 66.5 Å². The van der Waals surface area contributed by atoms with E-state index in [2.05, 4.69) is 10.4 Å². The molecule has 0 saturated heterocycles. The number of hydrogen-bond acceptors (Lipinski definition) is 4. The predicted octanol–water partition coefficient (Wildman–Crippen LogP) is 2.82. The number of benzene rings is 2. The Bertz CT molecular complexity index is 890. The highest BCUT2D eigenvalue weighted by Crippen LogP contribution is 2.32. The summed E-state index contributed by atoms with van der Waals surface area (Å²) in [7, 11) is 0. The van der Waals surface area contributed by atoms with Gasteiger partial charge in [-0.2, -0.15) is 5.10 Å². The number of nitrogens with zero attached hydrogens (tertiary/aromatic N) is 2. The Balaban J connectivity index is 1.42. The molecule has 1 aromatic heterocycles. The number of anilines is 1. The molecular weight excluding hydrogens is 318 g/mol. The van der Waals surface area contributed by atoms with Gasteiger partial charge < -0.3 is 14.8 Å². The molecule has 0 atom stereocenters. The van der Waals surface area contributed by atoms with Crippen molar-refractivity contribution in [2.24, 2.45) is 0 Å². The van der Waals surface area contributed by atoms with Crippen LogP contribution >= 0.6 is 0 Å². The second-order valence-corrected chi connectivity index (χ2v) is 5.71. The van der Waals surface area contributed by atoms with Gasteiger partial charge in [0.2, 0.25) is 5.91 Å². The first-order valence-electron chi connectivity index (χ1n) is 8.06. The Kier molecular flexibility index (Phi) is 4.08. The molecule has 2 aromatic carbocycles. The van der Waals surface area contributed by atoms with Gasteiger partial charge in [0.15, 0.2) is 11.5 Å². The Labute approximate surface area is 145 Å². The van der Waals surface area contributed by atoms with E-state index in [4.69, 9.17) is 9.47 Å². The second kappa shape index (κ2) is 6.68. The fraction of sp³-hybridized carbons (Fsp3) is 0.158. The molecule has 0 spiro atoms. The molecule has 126 valence electrons. The summed E-state index contributed by atoms with van der Waals surface area (Å²) in [6.45, 7) is 1.06. The van der Waals surface area contributed by atoms with Crippen molar-refractivity contribution < 1.29 is 14.3 Å². The van der Waals surface area contributed by atoms with E-state index in [1.165, 1.54) is 0 Å². The van der Waals surface area contributed by atoms with Gasteiger partial charge in [0.25, 0.3) is 0 Å². The maximum atomic E-state index is 12.3. The lowest BCUT2D eigenvalue weighted by molar-refractivity contribution is -0.115. The lowest BCUT2D eigenvalue weighted by atomic mass is 10.2. The number of ether oxygens (including phenoxy) is 2. The van der Waals surface area contributed by atoms with Crippen LogP contribution in [0.25, 0.3) is 5.69 Å². The van der Waals surface area contributed by atoms with Crippen molar-refractivity contribution in [1.82, 2.24) is 9.78 Å². The van der Waals surface area contributed by atoms with Crippen molar-refractivity contribution in [1.29, 1.82) is 0 Å². The van der Waals surface area contributed by atoms with E-state index in [0.717, 1.165) is 11.3 Å². The van der Waals surface area contributed by atoms with Crippen molar-refractivity contribution >= 4 is 11.6 Å². The topological polar surface area (TPSA) is 65.4 Å². The third-order valence-electron chi connectivity index (χ3n) is 3.85. The first-order valence-corrected chi connectivity index (χ1v) is 8.06. The van der Waals surface area contributed by atoms with Crippen LogP contribution in [-0.2, 0) is 11.2 Å². The van der Waals surface area contributed by atoms with Crippen molar-refractivity contribution in [2.75, 3.05) is 18.5 Å². The summed E-state index contributed by atoms with van der Waals surface area (Å²) in [4.78, 5) is 12.3.